The Morgan fingerprint density at radius 2 is 0.877 bits per heavy atom. The Kier molecular flexibility index (Phi) is 7.76. The van der Waals surface area contributed by atoms with Crippen LogP contribution in [0.5, 0.6) is 0 Å². The highest BCUT2D eigenvalue weighted by Gasteiger charge is 2.41. The first-order chi connectivity index (χ1) is 28.3. The highest BCUT2D eigenvalue weighted by Crippen LogP contribution is 2.36. The van der Waals surface area contributed by atoms with E-state index in [0.29, 0.717) is 11.6 Å². The fourth-order valence-corrected chi connectivity index (χ4v) is 13.6. The van der Waals surface area contributed by atoms with E-state index < -0.39 is 8.07 Å². The van der Waals surface area contributed by atoms with Crippen LogP contribution in [0.2, 0.25) is 0 Å². The van der Waals surface area contributed by atoms with Crippen LogP contribution in [0, 0.1) is 0 Å². The first-order valence-corrected chi connectivity index (χ1v) is 21.2. The number of aromatic nitrogens is 4. The number of para-hydroxylation sites is 2. The van der Waals surface area contributed by atoms with Crippen LogP contribution in [0.1, 0.15) is 0 Å². The van der Waals surface area contributed by atoms with Crippen molar-refractivity contribution in [2.75, 3.05) is 0 Å². The van der Waals surface area contributed by atoms with Crippen molar-refractivity contribution in [3.63, 3.8) is 0 Å². The highest BCUT2D eigenvalue weighted by atomic mass is 28.3. The lowest BCUT2D eigenvalue weighted by atomic mass is 10.1. The van der Waals surface area contributed by atoms with Gasteiger partial charge in [0.2, 0.25) is 0 Å². The molecule has 0 saturated carbocycles. The molecule has 0 unspecified atom stereocenters. The summed E-state index contributed by atoms with van der Waals surface area (Å²) in [5, 5.41) is 9.73. The van der Waals surface area contributed by atoms with Crippen molar-refractivity contribution in [1.82, 2.24) is 19.5 Å². The van der Waals surface area contributed by atoms with E-state index >= 15 is 0 Å². The van der Waals surface area contributed by atoms with Crippen molar-refractivity contribution in [2.24, 2.45) is 0 Å². The van der Waals surface area contributed by atoms with Gasteiger partial charge in [-0.05, 0) is 69.3 Å². The van der Waals surface area contributed by atoms with E-state index in [-0.39, 0.29) is 0 Å². The van der Waals surface area contributed by atoms with Gasteiger partial charge in [0.15, 0.2) is 19.7 Å². The zero-order valence-corrected chi connectivity index (χ0v) is 31.8. The summed E-state index contributed by atoms with van der Waals surface area (Å²) < 4.78 is 8.72. The summed E-state index contributed by atoms with van der Waals surface area (Å²) >= 11 is 0. The first-order valence-electron chi connectivity index (χ1n) is 19.2. The zero-order chi connectivity index (χ0) is 37.8. The normalized spacial score (nSPS) is 11.9. The Morgan fingerprint density at radius 1 is 0.386 bits per heavy atom. The van der Waals surface area contributed by atoms with Crippen molar-refractivity contribution >= 4 is 72.6 Å². The molecule has 0 radical (unpaired) electrons. The van der Waals surface area contributed by atoms with Crippen molar-refractivity contribution < 1.29 is 4.42 Å². The molecule has 0 amide bonds. The van der Waals surface area contributed by atoms with Crippen LogP contribution in [-0.4, -0.2) is 27.6 Å². The monoisotopic (exact) mass is 746 g/mol. The summed E-state index contributed by atoms with van der Waals surface area (Å²) in [6.07, 6.45) is 1.62. The topological polar surface area (TPSA) is 56.7 Å². The van der Waals surface area contributed by atoms with E-state index in [9.17, 15) is 0 Å². The second kappa shape index (κ2) is 13.4. The summed E-state index contributed by atoms with van der Waals surface area (Å²) in [4.78, 5) is 14.6. The minimum Gasteiger partial charge on any atom is -0.456 e. The van der Waals surface area contributed by atoms with Gasteiger partial charge in [0.25, 0.3) is 0 Å². The maximum absolute atomic E-state index is 6.38. The fraction of sp³-hybridized carbons (Fsp3) is 0. The maximum atomic E-state index is 6.38. The van der Waals surface area contributed by atoms with Gasteiger partial charge in [0.05, 0.1) is 11.0 Å². The number of nitrogens with zero attached hydrogens (tertiary/aromatic N) is 4. The Labute approximate surface area is 330 Å². The molecule has 6 heteroatoms. The van der Waals surface area contributed by atoms with Crippen LogP contribution < -0.4 is 20.7 Å². The number of benzene rings is 8. The van der Waals surface area contributed by atoms with Gasteiger partial charge in [-0.3, -0.25) is 0 Å². The van der Waals surface area contributed by atoms with Crippen LogP contribution in [0.4, 0.5) is 0 Å². The fourth-order valence-electron chi connectivity index (χ4n) is 8.77. The Hall–Kier alpha value is -7.41. The molecule has 11 aromatic rings. The summed E-state index contributed by atoms with van der Waals surface area (Å²) in [5.74, 6) is 1.24. The van der Waals surface area contributed by atoms with Crippen LogP contribution in [0.15, 0.2) is 211 Å². The minimum absolute atomic E-state index is 0.609. The Bertz CT molecular complexity index is 3100. The molecule has 0 spiro atoms. The summed E-state index contributed by atoms with van der Waals surface area (Å²) in [5.41, 5.74) is 6.92. The Morgan fingerprint density at radius 3 is 1.47 bits per heavy atom. The van der Waals surface area contributed by atoms with E-state index in [4.69, 9.17) is 19.4 Å². The van der Waals surface area contributed by atoms with Gasteiger partial charge in [-0.2, -0.15) is 0 Å². The second-order valence-electron chi connectivity index (χ2n) is 14.4. The third kappa shape index (κ3) is 5.34. The molecule has 11 rings (SSSR count). The molecule has 3 heterocycles. The first kappa shape index (κ1) is 33.0. The molecule has 0 aliphatic rings. The average Bonchev–Trinajstić information content (AvgIpc) is 3.83. The molecule has 0 bridgehead atoms. The second-order valence-corrected chi connectivity index (χ2v) is 18.2. The number of fused-ring (bicyclic) bond motifs is 6. The lowest BCUT2D eigenvalue weighted by Gasteiger charge is -2.34. The maximum Gasteiger partial charge on any atom is 0.179 e. The highest BCUT2D eigenvalue weighted by molar-refractivity contribution is 7.19. The van der Waals surface area contributed by atoms with Crippen LogP contribution in [-0.2, 0) is 0 Å². The Balaban J connectivity index is 1.03. The third-order valence-corrected chi connectivity index (χ3v) is 16.1. The average molecular weight is 747 g/mol. The molecule has 0 saturated heterocycles. The molecule has 3 aromatic heterocycles. The van der Waals surface area contributed by atoms with Crippen LogP contribution in [0.25, 0.3) is 72.2 Å². The standard InChI is InChI=1S/C51H34N4OSi/c1-4-16-38(17-5-1)57(39-18-6-2-7-19-39,40-20-8-3-9-21-40)41-22-14-15-35(31-41)50-52-34-53-51(54-50)36-27-29-48-44(32-36)45-33-37(28-30-49(45)56-48)55-46-25-12-10-23-42(46)43-24-11-13-26-47(43)55/h1-34H. The molecule has 0 N–H and O–H groups in total. The summed E-state index contributed by atoms with van der Waals surface area (Å²) in [6.45, 7) is 0. The molecule has 0 aliphatic heterocycles. The van der Waals surface area contributed by atoms with E-state index in [1.807, 2.05) is 12.1 Å². The number of rotatable bonds is 7. The van der Waals surface area contributed by atoms with Gasteiger partial charge in [-0.25, -0.2) is 15.0 Å². The van der Waals surface area contributed by atoms with Gasteiger partial charge in [-0.15, -0.1) is 0 Å². The largest absolute Gasteiger partial charge is 0.456 e. The quantitative estimate of drug-likeness (QED) is 0.121. The molecular weight excluding hydrogens is 713 g/mol. The lowest BCUT2D eigenvalue weighted by molar-refractivity contribution is 0.669. The van der Waals surface area contributed by atoms with Crippen LogP contribution in [0.3, 0.4) is 0 Å². The van der Waals surface area contributed by atoms with Gasteiger partial charge >= 0.3 is 0 Å². The summed E-state index contributed by atoms with van der Waals surface area (Å²) in [6, 6.07) is 71.5. The van der Waals surface area contributed by atoms with Gasteiger partial charge in [0.1, 0.15) is 17.5 Å². The molecule has 268 valence electrons. The molecule has 5 nitrogen and oxygen atoms in total. The minimum atomic E-state index is -2.73. The number of hydrogen-bond acceptors (Lipinski definition) is 4. The van der Waals surface area contributed by atoms with E-state index in [1.165, 1.54) is 42.6 Å². The predicted octanol–water partition coefficient (Wildman–Crippen LogP) is 9.58. The van der Waals surface area contributed by atoms with E-state index in [1.54, 1.807) is 6.33 Å². The van der Waals surface area contributed by atoms with Crippen LogP contribution >= 0.6 is 0 Å². The zero-order valence-electron chi connectivity index (χ0n) is 30.8. The molecule has 0 fully saturated rings. The smallest absolute Gasteiger partial charge is 0.179 e. The third-order valence-electron chi connectivity index (χ3n) is 11.3. The van der Waals surface area contributed by atoms with Crippen molar-refractivity contribution in [1.29, 1.82) is 0 Å². The predicted molar refractivity (Wildman–Crippen MR) is 236 cm³/mol. The van der Waals surface area contributed by atoms with Gasteiger partial charge in [0, 0.05) is 38.4 Å². The molecule has 0 aliphatic carbocycles. The van der Waals surface area contributed by atoms with Crippen molar-refractivity contribution in [3.8, 4) is 28.5 Å². The number of furan rings is 1. The molecule has 57 heavy (non-hydrogen) atoms. The lowest BCUT2D eigenvalue weighted by Crippen LogP contribution is -2.74. The molecular formula is C51H34N4OSi. The van der Waals surface area contributed by atoms with Crippen molar-refractivity contribution in [3.05, 3.63) is 207 Å². The van der Waals surface area contributed by atoms with E-state index in [2.05, 4.69) is 193 Å². The molecule has 0 atom stereocenters. The van der Waals surface area contributed by atoms with Crippen molar-refractivity contribution in [2.45, 2.75) is 0 Å². The SMILES string of the molecule is c1ccc([Si](c2ccccc2)(c2ccccc2)c2cccc(-c3ncnc(-c4ccc5oc6ccc(-n7c8ccccc8c8ccccc87)cc6c5c4)n3)c2)cc1. The number of hydrogen-bond donors (Lipinski definition) is 0. The van der Waals surface area contributed by atoms with E-state index in [0.717, 1.165) is 38.8 Å². The van der Waals surface area contributed by atoms with Gasteiger partial charge < -0.3 is 8.98 Å². The summed E-state index contributed by atoms with van der Waals surface area (Å²) in [7, 11) is -2.73. The molecule has 8 aromatic carbocycles. The van der Waals surface area contributed by atoms with Gasteiger partial charge in [-0.1, -0.05) is 152 Å².